The topological polar surface area (TPSA) is 78.5 Å². The smallest absolute Gasteiger partial charge is 0.315 e. The van der Waals surface area contributed by atoms with Crippen molar-refractivity contribution in [3.05, 3.63) is 0 Å². The third-order valence-electron chi connectivity index (χ3n) is 2.67. The van der Waals surface area contributed by atoms with E-state index in [2.05, 4.69) is 10.6 Å². The Hall–Kier alpha value is -0.820. The van der Waals surface area contributed by atoms with Crippen LogP contribution < -0.4 is 10.6 Å². The van der Waals surface area contributed by atoms with Crippen molar-refractivity contribution in [2.75, 3.05) is 19.3 Å². The van der Waals surface area contributed by atoms with Crippen molar-refractivity contribution < 1.29 is 13.2 Å². The van der Waals surface area contributed by atoms with Gasteiger partial charge in [0.25, 0.3) is 0 Å². The molecule has 0 saturated carbocycles. The zero-order valence-corrected chi connectivity index (χ0v) is 11.4. The molecule has 1 saturated heterocycles. The minimum Gasteiger partial charge on any atom is -0.337 e. The average molecular weight is 263 g/mol. The fraction of sp³-hybridized carbons (Fsp3) is 0.900. The Morgan fingerprint density at radius 1 is 1.47 bits per heavy atom. The van der Waals surface area contributed by atoms with Gasteiger partial charge in [-0.05, 0) is 26.7 Å². The molecular formula is C10H21N3O3S. The summed E-state index contributed by atoms with van der Waals surface area (Å²) in [6.45, 7) is 4.67. The highest BCUT2D eigenvalue weighted by Crippen LogP contribution is 2.19. The molecule has 2 N–H and O–H groups in total. The van der Waals surface area contributed by atoms with Crippen LogP contribution in [0.2, 0.25) is 0 Å². The summed E-state index contributed by atoms with van der Waals surface area (Å²) < 4.78 is 24.4. The first-order valence-corrected chi connectivity index (χ1v) is 7.66. The molecular weight excluding hydrogens is 242 g/mol. The number of carbonyl (C=O) groups excluding carboxylic acids is 1. The van der Waals surface area contributed by atoms with Crippen molar-refractivity contribution in [1.29, 1.82) is 0 Å². The molecule has 0 radical (unpaired) electrons. The molecule has 100 valence electrons. The number of amides is 2. The Kier molecular flexibility index (Phi) is 4.76. The number of rotatable bonds is 4. The van der Waals surface area contributed by atoms with Gasteiger partial charge in [-0.1, -0.05) is 0 Å². The fourth-order valence-corrected chi connectivity index (χ4v) is 3.16. The Labute approximate surface area is 103 Å². The molecule has 1 rings (SSSR count). The number of hydrogen-bond donors (Lipinski definition) is 2. The predicted octanol–water partition coefficient (Wildman–Crippen LogP) is 0.118. The van der Waals surface area contributed by atoms with Gasteiger partial charge in [-0.2, -0.15) is 4.31 Å². The molecule has 0 aliphatic carbocycles. The van der Waals surface area contributed by atoms with Gasteiger partial charge >= 0.3 is 6.03 Å². The largest absolute Gasteiger partial charge is 0.337 e. The number of sulfonamides is 1. The zero-order chi connectivity index (χ0) is 13.1. The Morgan fingerprint density at radius 2 is 2.12 bits per heavy atom. The van der Waals surface area contributed by atoms with E-state index in [1.165, 1.54) is 10.6 Å². The van der Waals surface area contributed by atoms with Crippen molar-refractivity contribution in [1.82, 2.24) is 14.9 Å². The Morgan fingerprint density at radius 3 is 2.65 bits per heavy atom. The molecule has 1 unspecified atom stereocenters. The van der Waals surface area contributed by atoms with Gasteiger partial charge in [0, 0.05) is 25.2 Å². The van der Waals surface area contributed by atoms with Gasteiger partial charge in [0.2, 0.25) is 10.0 Å². The first-order valence-electron chi connectivity index (χ1n) is 5.82. The van der Waals surface area contributed by atoms with Gasteiger partial charge in [-0.25, -0.2) is 13.2 Å². The molecule has 1 atom stereocenters. The molecule has 17 heavy (non-hydrogen) atoms. The first-order chi connectivity index (χ1) is 7.80. The predicted molar refractivity (Wildman–Crippen MR) is 66.2 cm³/mol. The van der Waals surface area contributed by atoms with E-state index in [9.17, 15) is 13.2 Å². The molecule has 2 amide bonds. The molecule has 0 spiro atoms. The highest BCUT2D eigenvalue weighted by molar-refractivity contribution is 7.88. The SMILES string of the molecule is CC(C)NC(=O)NCC1CCCN1S(C)(=O)=O. The van der Waals surface area contributed by atoms with Crippen molar-refractivity contribution in [3.8, 4) is 0 Å². The second-order valence-electron chi connectivity index (χ2n) is 4.68. The summed E-state index contributed by atoms with van der Waals surface area (Å²) >= 11 is 0. The summed E-state index contributed by atoms with van der Waals surface area (Å²) in [6.07, 6.45) is 2.86. The maximum Gasteiger partial charge on any atom is 0.315 e. The van der Waals surface area contributed by atoms with E-state index < -0.39 is 10.0 Å². The lowest BCUT2D eigenvalue weighted by atomic mass is 10.2. The van der Waals surface area contributed by atoms with E-state index in [-0.39, 0.29) is 18.1 Å². The van der Waals surface area contributed by atoms with Gasteiger partial charge in [-0.3, -0.25) is 0 Å². The van der Waals surface area contributed by atoms with E-state index in [0.29, 0.717) is 13.1 Å². The molecule has 6 nitrogen and oxygen atoms in total. The monoisotopic (exact) mass is 263 g/mol. The molecule has 1 aliphatic heterocycles. The molecule has 1 heterocycles. The lowest BCUT2D eigenvalue weighted by Crippen LogP contribution is -2.46. The van der Waals surface area contributed by atoms with Crippen LogP contribution in [0.4, 0.5) is 4.79 Å². The minimum atomic E-state index is -3.16. The van der Waals surface area contributed by atoms with E-state index in [4.69, 9.17) is 0 Å². The molecule has 0 aromatic rings. The Bertz CT molecular complexity index is 367. The van der Waals surface area contributed by atoms with Gasteiger partial charge in [-0.15, -0.1) is 0 Å². The standard InChI is InChI=1S/C10H21N3O3S/c1-8(2)12-10(14)11-7-9-5-4-6-13(9)17(3,15)16/h8-9H,4-7H2,1-3H3,(H2,11,12,14). The van der Waals surface area contributed by atoms with Gasteiger partial charge in [0.1, 0.15) is 0 Å². The summed E-state index contributed by atoms with van der Waals surface area (Å²) in [4.78, 5) is 11.4. The third kappa shape index (κ3) is 4.51. The summed E-state index contributed by atoms with van der Waals surface area (Å²) in [5, 5.41) is 5.40. The highest BCUT2D eigenvalue weighted by Gasteiger charge is 2.31. The van der Waals surface area contributed by atoms with Crippen LogP contribution in [0.3, 0.4) is 0 Å². The van der Waals surface area contributed by atoms with Gasteiger partial charge in [0.15, 0.2) is 0 Å². The van der Waals surface area contributed by atoms with Gasteiger partial charge < -0.3 is 10.6 Å². The second kappa shape index (κ2) is 5.68. The summed E-state index contributed by atoms with van der Waals surface area (Å²) in [5.41, 5.74) is 0. The van der Waals surface area contributed by atoms with Crippen LogP contribution in [0.25, 0.3) is 0 Å². The molecule has 0 aromatic carbocycles. The molecule has 7 heteroatoms. The van der Waals surface area contributed by atoms with Crippen LogP contribution in [-0.2, 0) is 10.0 Å². The van der Waals surface area contributed by atoms with E-state index in [0.717, 1.165) is 12.8 Å². The zero-order valence-electron chi connectivity index (χ0n) is 10.6. The van der Waals surface area contributed by atoms with Crippen molar-refractivity contribution >= 4 is 16.1 Å². The molecule has 1 fully saturated rings. The van der Waals surface area contributed by atoms with E-state index in [1.807, 2.05) is 13.8 Å². The van der Waals surface area contributed by atoms with Crippen molar-refractivity contribution in [3.63, 3.8) is 0 Å². The van der Waals surface area contributed by atoms with Crippen LogP contribution >= 0.6 is 0 Å². The third-order valence-corrected chi connectivity index (χ3v) is 4.00. The average Bonchev–Trinajstić information content (AvgIpc) is 2.60. The number of nitrogens with zero attached hydrogens (tertiary/aromatic N) is 1. The molecule has 0 bridgehead atoms. The van der Waals surface area contributed by atoms with Crippen molar-refractivity contribution in [2.24, 2.45) is 0 Å². The van der Waals surface area contributed by atoms with Crippen molar-refractivity contribution in [2.45, 2.75) is 38.8 Å². The number of nitrogens with one attached hydrogen (secondary N) is 2. The fourth-order valence-electron chi connectivity index (χ4n) is 1.97. The number of carbonyl (C=O) groups is 1. The summed E-state index contributed by atoms with van der Waals surface area (Å²) in [7, 11) is -3.16. The van der Waals surface area contributed by atoms with E-state index in [1.54, 1.807) is 0 Å². The number of urea groups is 1. The minimum absolute atomic E-state index is 0.0737. The normalized spacial score (nSPS) is 21.8. The maximum absolute atomic E-state index is 11.5. The maximum atomic E-state index is 11.5. The van der Waals surface area contributed by atoms with Gasteiger partial charge in [0.05, 0.1) is 6.26 Å². The lowest BCUT2D eigenvalue weighted by Gasteiger charge is -2.22. The quantitative estimate of drug-likeness (QED) is 0.756. The lowest BCUT2D eigenvalue weighted by molar-refractivity contribution is 0.235. The highest BCUT2D eigenvalue weighted by atomic mass is 32.2. The molecule has 1 aliphatic rings. The van der Waals surface area contributed by atoms with Crippen LogP contribution in [0.1, 0.15) is 26.7 Å². The van der Waals surface area contributed by atoms with Crippen LogP contribution in [0.15, 0.2) is 0 Å². The summed E-state index contributed by atoms with van der Waals surface area (Å²) in [5.74, 6) is 0. The second-order valence-corrected chi connectivity index (χ2v) is 6.61. The van der Waals surface area contributed by atoms with Crippen LogP contribution in [-0.4, -0.2) is 50.2 Å². The van der Waals surface area contributed by atoms with Crippen LogP contribution in [0.5, 0.6) is 0 Å². The summed E-state index contributed by atoms with van der Waals surface area (Å²) in [6, 6.07) is -0.284. The number of hydrogen-bond acceptors (Lipinski definition) is 3. The first kappa shape index (κ1) is 14.2. The van der Waals surface area contributed by atoms with Crippen LogP contribution in [0, 0.1) is 0 Å². The molecule has 0 aromatic heterocycles. The Balaban J connectivity index is 2.44. The van der Waals surface area contributed by atoms with E-state index >= 15 is 0 Å².